The molecule has 3 rings (SSSR count). The molecule has 0 aliphatic carbocycles. The minimum absolute atomic E-state index is 0.162. The predicted molar refractivity (Wildman–Crippen MR) is 102 cm³/mol. The summed E-state index contributed by atoms with van der Waals surface area (Å²) in [4.78, 5) is 37.8. The number of rotatable bonds is 6. The Morgan fingerprint density at radius 1 is 1.15 bits per heavy atom. The molecule has 3 N–H and O–H groups in total. The van der Waals surface area contributed by atoms with Gasteiger partial charge in [-0.25, -0.2) is 0 Å². The molecule has 0 bridgehead atoms. The van der Waals surface area contributed by atoms with Crippen molar-refractivity contribution in [2.75, 3.05) is 6.54 Å². The number of hydrogen-bond acceptors (Lipinski definition) is 4. The van der Waals surface area contributed by atoms with Crippen molar-refractivity contribution in [3.63, 3.8) is 0 Å². The van der Waals surface area contributed by atoms with E-state index in [1.807, 2.05) is 12.1 Å². The first-order valence-electron chi connectivity index (χ1n) is 9.57. The van der Waals surface area contributed by atoms with Gasteiger partial charge in [-0.2, -0.15) is 0 Å². The lowest BCUT2D eigenvalue weighted by Crippen LogP contribution is -2.52. The maximum absolute atomic E-state index is 12.8. The number of nitrogens with zero attached hydrogens (tertiary/aromatic N) is 1. The Morgan fingerprint density at radius 2 is 1.96 bits per heavy atom. The van der Waals surface area contributed by atoms with Crippen LogP contribution >= 0.6 is 0 Å². The van der Waals surface area contributed by atoms with Crippen LogP contribution in [0.5, 0.6) is 0 Å². The Bertz CT molecular complexity index is 807. The van der Waals surface area contributed by atoms with Gasteiger partial charge in [0.2, 0.25) is 11.8 Å². The van der Waals surface area contributed by atoms with Crippen molar-refractivity contribution in [1.82, 2.24) is 10.2 Å². The largest absolute Gasteiger partial charge is 0.330 e. The molecular formula is C21H25N3O3. The van der Waals surface area contributed by atoms with E-state index in [2.05, 4.69) is 17.2 Å². The van der Waals surface area contributed by atoms with Gasteiger partial charge in [0.15, 0.2) is 0 Å². The van der Waals surface area contributed by atoms with Gasteiger partial charge in [-0.3, -0.25) is 19.7 Å². The number of piperidine rings is 1. The lowest BCUT2D eigenvalue weighted by molar-refractivity contribution is -0.136. The Labute approximate surface area is 159 Å². The monoisotopic (exact) mass is 367 g/mol. The third-order valence-corrected chi connectivity index (χ3v) is 5.06. The van der Waals surface area contributed by atoms with Gasteiger partial charge in [-0.15, -0.1) is 0 Å². The van der Waals surface area contributed by atoms with Crippen molar-refractivity contribution in [3.05, 3.63) is 34.9 Å². The van der Waals surface area contributed by atoms with Crippen LogP contribution in [0.2, 0.25) is 0 Å². The van der Waals surface area contributed by atoms with E-state index in [0.29, 0.717) is 18.5 Å². The van der Waals surface area contributed by atoms with Gasteiger partial charge in [0.25, 0.3) is 5.91 Å². The summed E-state index contributed by atoms with van der Waals surface area (Å²) in [6, 6.07) is 4.94. The van der Waals surface area contributed by atoms with Gasteiger partial charge in [-0.1, -0.05) is 30.7 Å². The number of carbonyl (C=O) groups is 3. The highest BCUT2D eigenvalue weighted by Crippen LogP contribution is 2.29. The van der Waals surface area contributed by atoms with E-state index in [1.165, 1.54) is 0 Å². The van der Waals surface area contributed by atoms with E-state index in [1.54, 1.807) is 11.0 Å². The van der Waals surface area contributed by atoms with Crippen molar-refractivity contribution in [2.45, 2.75) is 57.5 Å². The Kier molecular flexibility index (Phi) is 6.25. The van der Waals surface area contributed by atoms with Crippen LogP contribution in [0.1, 0.15) is 66.4 Å². The molecule has 1 aromatic rings. The molecule has 6 heteroatoms. The third-order valence-electron chi connectivity index (χ3n) is 5.06. The second-order valence-electron chi connectivity index (χ2n) is 6.99. The Morgan fingerprint density at radius 3 is 2.74 bits per heavy atom. The van der Waals surface area contributed by atoms with Crippen molar-refractivity contribution in [1.29, 1.82) is 0 Å². The molecule has 27 heavy (non-hydrogen) atoms. The molecule has 142 valence electrons. The number of fused-ring (bicyclic) bond motifs is 1. The summed E-state index contributed by atoms with van der Waals surface area (Å²) < 4.78 is 0. The van der Waals surface area contributed by atoms with E-state index in [9.17, 15) is 14.4 Å². The highest BCUT2D eigenvalue weighted by Gasteiger charge is 2.39. The van der Waals surface area contributed by atoms with E-state index >= 15 is 0 Å². The van der Waals surface area contributed by atoms with E-state index in [0.717, 1.165) is 49.8 Å². The normalized spacial score (nSPS) is 18.8. The molecule has 3 amide bonds. The molecule has 0 spiro atoms. The zero-order valence-corrected chi connectivity index (χ0v) is 15.4. The Balaban J connectivity index is 1.67. The first kappa shape index (κ1) is 19.1. The number of nitrogens with two attached hydrogens (primary N) is 1. The molecule has 6 nitrogen and oxygen atoms in total. The quantitative estimate of drug-likeness (QED) is 0.455. The van der Waals surface area contributed by atoms with Crippen LogP contribution in [0.25, 0.3) is 0 Å². The van der Waals surface area contributed by atoms with Crippen LogP contribution in [0.4, 0.5) is 0 Å². The molecule has 1 atom stereocenters. The van der Waals surface area contributed by atoms with Crippen LogP contribution in [0.3, 0.4) is 0 Å². The van der Waals surface area contributed by atoms with Crippen molar-refractivity contribution >= 4 is 17.7 Å². The van der Waals surface area contributed by atoms with Gasteiger partial charge >= 0.3 is 0 Å². The molecule has 1 aromatic carbocycles. The van der Waals surface area contributed by atoms with E-state index in [-0.39, 0.29) is 18.2 Å². The lowest BCUT2D eigenvalue weighted by Gasteiger charge is -2.29. The number of imide groups is 1. The van der Waals surface area contributed by atoms with Crippen molar-refractivity contribution < 1.29 is 14.4 Å². The van der Waals surface area contributed by atoms with E-state index < -0.39 is 11.9 Å². The second kappa shape index (κ2) is 8.83. The fraction of sp³-hybridized carbons (Fsp3) is 0.476. The first-order chi connectivity index (χ1) is 13.1. The molecule has 0 radical (unpaired) electrons. The molecule has 0 saturated carbocycles. The fourth-order valence-electron chi connectivity index (χ4n) is 3.57. The molecule has 2 aliphatic rings. The van der Waals surface area contributed by atoms with Gasteiger partial charge < -0.3 is 10.6 Å². The summed E-state index contributed by atoms with van der Waals surface area (Å²) in [5, 5.41) is 2.32. The second-order valence-corrected chi connectivity index (χ2v) is 6.99. The van der Waals surface area contributed by atoms with Crippen LogP contribution in [0.15, 0.2) is 18.2 Å². The first-order valence-corrected chi connectivity index (χ1v) is 9.57. The summed E-state index contributed by atoms with van der Waals surface area (Å²) in [5.41, 5.74) is 7.82. The van der Waals surface area contributed by atoms with Crippen LogP contribution in [-0.4, -0.2) is 35.2 Å². The van der Waals surface area contributed by atoms with Crippen LogP contribution in [0, 0.1) is 11.8 Å². The molecule has 1 fully saturated rings. The summed E-state index contributed by atoms with van der Waals surface area (Å²) in [6.45, 7) is 1.10. The van der Waals surface area contributed by atoms with Crippen molar-refractivity contribution in [2.24, 2.45) is 5.73 Å². The van der Waals surface area contributed by atoms with Crippen LogP contribution < -0.4 is 11.1 Å². The topological polar surface area (TPSA) is 92.5 Å². The highest BCUT2D eigenvalue weighted by atomic mass is 16.2. The molecule has 2 aliphatic heterocycles. The predicted octanol–water partition coefficient (Wildman–Crippen LogP) is 1.71. The smallest absolute Gasteiger partial charge is 0.255 e. The SMILES string of the molecule is NCCCCCCC#Cc1cccc2c1CN(C1CCC(=O)NC1=O)C2=O. The maximum Gasteiger partial charge on any atom is 0.255 e. The Hall–Kier alpha value is -2.65. The fourth-order valence-corrected chi connectivity index (χ4v) is 3.57. The number of benzene rings is 1. The lowest BCUT2D eigenvalue weighted by atomic mass is 10.0. The summed E-state index contributed by atoms with van der Waals surface area (Å²) >= 11 is 0. The molecule has 0 aromatic heterocycles. The zero-order chi connectivity index (χ0) is 19.2. The standard InChI is InChI=1S/C21H25N3O3/c22-13-6-4-2-1-3-5-8-15-9-7-10-16-17(15)14-24(21(16)27)18-11-12-19(25)23-20(18)26/h7,9-10,18H,1-4,6,11-14,22H2,(H,23,25,26). The number of unbranched alkanes of at least 4 members (excludes halogenated alkanes) is 4. The summed E-state index contributed by atoms with van der Waals surface area (Å²) in [5.74, 6) is 5.55. The average Bonchev–Trinajstić information content (AvgIpc) is 2.98. The molecule has 2 heterocycles. The maximum atomic E-state index is 12.8. The van der Waals surface area contributed by atoms with Crippen LogP contribution in [-0.2, 0) is 16.1 Å². The highest BCUT2D eigenvalue weighted by molar-refractivity contribution is 6.05. The average molecular weight is 367 g/mol. The number of carbonyl (C=O) groups excluding carboxylic acids is 3. The number of hydrogen-bond donors (Lipinski definition) is 2. The van der Waals surface area contributed by atoms with Crippen molar-refractivity contribution in [3.8, 4) is 11.8 Å². The number of amides is 3. The van der Waals surface area contributed by atoms with E-state index in [4.69, 9.17) is 5.73 Å². The summed E-state index contributed by atoms with van der Waals surface area (Å²) in [7, 11) is 0. The summed E-state index contributed by atoms with van der Waals surface area (Å²) in [6.07, 6.45) is 5.80. The van der Waals surface area contributed by atoms with Gasteiger partial charge in [-0.05, 0) is 43.5 Å². The van der Waals surface area contributed by atoms with Gasteiger partial charge in [0.1, 0.15) is 6.04 Å². The minimum atomic E-state index is -0.592. The molecular weight excluding hydrogens is 342 g/mol. The van der Waals surface area contributed by atoms with Gasteiger partial charge in [0.05, 0.1) is 0 Å². The number of nitrogens with one attached hydrogen (secondary N) is 1. The third kappa shape index (κ3) is 4.37. The molecule has 1 unspecified atom stereocenters. The molecule has 1 saturated heterocycles. The zero-order valence-electron chi connectivity index (χ0n) is 15.4. The minimum Gasteiger partial charge on any atom is -0.330 e. The van der Waals surface area contributed by atoms with Gasteiger partial charge in [0, 0.05) is 30.5 Å².